The van der Waals surface area contributed by atoms with Crippen molar-refractivity contribution < 1.29 is 9.84 Å². The zero-order valence-electron chi connectivity index (χ0n) is 7.66. The molecule has 0 aliphatic rings. The van der Waals surface area contributed by atoms with Crippen LogP contribution in [-0.2, 0) is 0 Å². The van der Waals surface area contributed by atoms with Gasteiger partial charge in [-0.2, -0.15) is 0 Å². The third kappa shape index (κ3) is 1.77. The van der Waals surface area contributed by atoms with Crippen molar-refractivity contribution >= 4 is 0 Å². The predicted octanol–water partition coefficient (Wildman–Crippen LogP) is 2.06. The fraction of sp³-hybridized carbons (Fsp3) is 0.400. The van der Waals surface area contributed by atoms with Gasteiger partial charge in [-0.05, 0) is 25.5 Å². The number of aliphatic hydroxyl groups is 1. The van der Waals surface area contributed by atoms with Crippen LogP contribution >= 0.6 is 0 Å². The van der Waals surface area contributed by atoms with Crippen LogP contribution in [0, 0.1) is 6.92 Å². The molecule has 1 N–H and O–H groups in total. The van der Waals surface area contributed by atoms with Crippen molar-refractivity contribution in [3.63, 3.8) is 0 Å². The van der Waals surface area contributed by atoms with Gasteiger partial charge in [-0.25, -0.2) is 0 Å². The minimum atomic E-state index is -0.472. The van der Waals surface area contributed by atoms with E-state index in [-0.39, 0.29) is 0 Å². The molecular weight excluding hydrogens is 152 g/mol. The van der Waals surface area contributed by atoms with Crippen molar-refractivity contribution in [2.75, 3.05) is 7.11 Å². The molecule has 0 spiro atoms. The summed E-state index contributed by atoms with van der Waals surface area (Å²) < 4.78 is 5.13. The Kier molecular flexibility index (Phi) is 2.71. The molecule has 0 saturated carbocycles. The first-order valence-electron chi connectivity index (χ1n) is 3.97. The van der Waals surface area contributed by atoms with Gasteiger partial charge in [0.2, 0.25) is 0 Å². The van der Waals surface area contributed by atoms with Crippen LogP contribution in [0.4, 0.5) is 0 Å². The molecule has 12 heavy (non-hydrogen) atoms. The molecule has 1 aromatic carbocycles. The summed E-state index contributed by atoms with van der Waals surface area (Å²) in [5.74, 6) is 0.755. The highest BCUT2D eigenvalue weighted by atomic mass is 16.5. The topological polar surface area (TPSA) is 29.5 Å². The summed E-state index contributed by atoms with van der Waals surface area (Å²) in [7, 11) is 1.61. The molecule has 1 aromatic rings. The van der Waals surface area contributed by atoms with E-state index in [1.807, 2.05) is 25.1 Å². The number of aliphatic hydroxyl groups excluding tert-OH is 1. The van der Waals surface area contributed by atoms with Gasteiger partial charge in [0, 0.05) is 5.56 Å². The lowest BCUT2D eigenvalue weighted by Gasteiger charge is -2.10. The third-order valence-electron chi connectivity index (χ3n) is 1.84. The second kappa shape index (κ2) is 3.59. The summed E-state index contributed by atoms with van der Waals surface area (Å²) in [6.45, 7) is 3.72. The largest absolute Gasteiger partial charge is 0.496 e. The molecule has 0 bridgehead atoms. The van der Waals surface area contributed by atoms with Crippen molar-refractivity contribution in [2.45, 2.75) is 20.0 Å². The van der Waals surface area contributed by atoms with Gasteiger partial charge < -0.3 is 9.84 Å². The van der Waals surface area contributed by atoms with E-state index in [1.54, 1.807) is 14.0 Å². The zero-order valence-corrected chi connectivity index (χ0v) is 7.66. The predicted molar refractivity (Wildman–Crippen MR) is 48.4 cm³/mol. The van der Waals surface area contributed by atoms with E-state index < -0.39 is 6.10 Å². The van der Waals surface area contributed by atoms with Crippen LogP contribution in [0.5, 0.6) is 5.75 Å². The van der Waals surface area contributed by atoms with Gasteiger partial charge in [-0.1, -0.05) is 12.1 Å². The number of aryl methyl sites for hydroxylation is 1. The molecule has 0 aliphatic heterocycles. The van der Waals surface area contributed by atoms with Crippen LogP contribution in [-0.4, -0.2) is 12.2 Å². The Morgan fingerprint density at radius 1 is 1.42 bits per heavy atom. The fourth-order valence-electron chi connectivity index (χ4n) is 1.16. The molecule has 0 amide bonds. The first-order valence-corrected chi connectivity index (χ1v) is 3.97. The molecule has 1 rings (SSSR count). The number of rotatable bonds is 2. The van der Waals surface area contributed by atoms with E-state index >= 15 is 0 Å². The second-order valence-electron chi connectivity index (χ2n) is 2.92. The maximum absolute atomic E-state index is 9.35. The van der Waals surface area contributed by atoms with E-state index in [4.69, 9.17) is 4.74 Å². The molecule has 66 valence electrons. The number of ether oxygens (including phenoxy) is 1. The quantitative estimate of drug-likeness (QED) is 0.728. The minimum Gasteiger partial charge on any atom is -0.496 e. The van der Waals surface area contributed by atoms with Gasteiger partial charge in [0.15, 0.2) is 0 Å². The standard InChI is InChI=1S/C10H14O2/c1-7-4-5-9(8(2)11)10(6-7)12-3/h4-6,8,11H,1-3H3/t8-/m1/s1. The van der Waals surface area contributed by atoms with Crippen molar-refractivity contribution in [1.82, 2.24) is 0 Å². The lowest BCUT2D eigenvalue weighted by atomic mass is 10.1. The molecule has 0 fully saturated rings. The van der Waals surface area contributed by atoms with Crippen LogP contribution in [0.2, 0.25) is 0 Å². The first kappa shape index (κ1) is 9.07. The average molecular weight is 166 g/mol. The lowest BCUT2D eigenvalue weighted by Crippen LogP contribution is -1.96. The Morgan fingerprint density at radius 2 is 2.08 bits per heavy atom. The first-order chi connectivity index (χ1) is 5.65. The summed E-state index contributed by atoms with van der Waals surface area (Å²) in [5, 5.41) is 9.35. The van der Waals surface area contributed by atoms with Crippen molar-refractivity contribution in [2.24, 2.45) is 0 Å². The molecular formula is C10H14O2. The molecule has 0 heterocycles. The molecule has 0 aromatic heterocycles. The SMILES string of the molecule is COc1cc(C)ccc1[C@@H](C)O. The highest BCUT2D eigenvalue weighted by Gasteiger charge is 2.07. The monoisotopic (exact) mass is 166 g/mol. The molecule has 0 unspecified atom stereocenters. The van der Waals surface area contributed by atoms with Gasteiger partial charge in [0.25, 0.3) is 0 Å². The maximum atomic E-state index is 9.35. The van der Waals surface area contributed by atoms with E-state index in [1.165, 1.54) is 0 Å². The Morgan fingerprint density at radius 3 is 2.58 bits per heavy atom. The van der Waals surface area contributed by atoms with Crippen LogP contribution in [0.15, 0.2) is 18.2 Å². The molecule has 2 nitrogen and oxygen atoms in total. The highest BCUT2D eigenvalue weighted by Crippen LogP contribution is 2.25. The van der Waals surface area contributed by atoms with Crippen LogP contribution in [0.25, 0.3) is 0 Å². The van der Waals surface area contributed by atoms with E-state index in [0.717, 1.165) is 16.9 Å². The fourth-order valence-corrected chi connectivity index (χ4v) is 1.16. The van der Waals surface area contributed by atoms with E-state index in [0.29, 0.717) is 0 Å². The summed E-state index contributed by atoms with van der Waals surface area (Å²) >= 11 is 0. The van der Waals surface area contributed by atoms with Gasteiger partial charge in [-0.3, -0.25) is 0 Å². The number of hydrogen-bond acceptors (Lipinski definition) is 2. The molecule has 2 heteroatoms. The summed E-state index contributed by atoms with van der Waals surface area (Å²) in [6, 6.07) is 5.77. The highest BCUT2D eigenvalue weighted by molar-refractivity contribution is 5.38. The maximum Gasteiger partial charge on any atom is 0.124 e. The minimum absolute atomic E-state index is 0.472. The van der Waals surface area contributed by atoms with Gasteiger partial charge >= 0.3 is 0 Å². The molecule has 0 radical (unpaired) electrons. The molecule has 0 aliphatic carbocycles. The van der Waals surface area contributed by atoms with Crippen molar-refractivity contribution in [3.05, 3.63) is 29.3 Å². The lowest BCUT2D eigenvalue weighted by molar-refractivity contribution is 0.194. The van der Waals surface area contributed by atoms with Crippen LogP contribution in [0.3, 0.4) is 0 Å². The van der Waals surface area contributed by atoms with Crippen LogP contribution in [0.1, 0.15) is 24.2 Å². The zero-order chi connectivity index (χ0) is 9.14. The van der Waals surface area contributed by atoms with E-state index in [9.17, 15) is 5.11 Å². The summed E-state index contributed by atoms with van der Waals surface area (Å²) in [5.41, 5.74) is 1.97. The smallest absolute Gasteiger partial charge is 0.124 e. The van der Waals surface area contributed by atoms with Gasteiger partial charge in [0.1, 0.15) is 5.75 Å². The number of benzene rings is 1. The Labute approximate surface area is 72.8 Å². The van der Waals surface area contributed by atoms with Gasteiger partial charge in [0.05, 0.1) is 13.2 Å². The Hall–Kier alpha value is -1.02. The number of methoxy groups -OCH3 is 1. The van der Waals surface area contributed by atoms with Gasteiger partial charge in [-0.15, -0.1) is 0 Å². The van der Waals surface area contributed by atoms with Crippen LogP contribution < -0.4 is 4.74 Å². The molecule has 0 saturated heterocycles. The summed E-state index contributed by atoms with van der Waals surface area (Å²) in [6.07, 6.45) is -0.472. The number of hydrogen-bond donors (Lipinski definition) is 1. The van der Waals surface area contributed by atoms with Crippen molar-refractivity contribution in [3.8, 4) is 5.75 Å². The molecule has 1 atom stereocenters. The van der Waals surface area contributed by atoms with Crippen molar-refractivity contribution in [1.29, 1.82) is 0 Å². The normalized spacial score (nSPS) is 12.7. The Bertz CT molecular complexity index is 267. The average Bonchev–Trinajstić information content (AvgIpc) is 2.03. The van der Waals surface area contributed by atoms with E-state index in [2.05, 4.69) is 0 Å². The Balaban J connectivity index is 3.11. The summed E-state index contributed by atoms with van der Waals surface area (Å²) in [4.78, 5) is 0. The second-order valence-corrected chi connectivity index (χ2v) is 2.92. The third-order valence-corrected chi connectivity index (χ3v) is 1.84.